The molecule has 0 aliphatic carbocycles. The van der Waals surface area contributed by atoms with Crippen LogP contribution >= 0.6 is 0 Å². The number of rotatable bonds is 6. The molecular formula is C19H26N4O2. The highest BCUT2D eigenvalue weighted by atomic mass is 16.2. The molecule has 1 saturated heterocycles. The third-order valence-corrected chi connectivity index (χ3v) is 4.96. The van der Waals surface area contributed by atoms with Gasteiger partial charge in [-0.25, -0.2) is 4.98 Å². The van der Waals surface area contributed by atoms with E-state index >= 15 is 0 Å². The molecule has 25 heavy (non-hydrogen) atoms. The molecule has 1 amide bonds. The lowest BCUT2D eigenvalue weighted by molar-refractivity contribution is -0.132. The van der Waals surface area contributed by atoms with Gasteiger partial charge in [0.2, 0.25) is 5.91 Å². The van der Waals surface area contributed by atoms with Crippen molar-refractivity contribution in [3.8, 4) is 0 Å². The largest absolute Gasteiger partial charge is 0.336 e. The van der Waals surface area contributed by atoms with Gasteiger partial charge in [-0.3, -0.25) is 9.59 Å². The number of amides is 1. The second-order valence-electron chi connectivity index (χ2n) is 6.67. The summed E-state index contributed by atoms with van der Waals surface area (Å²) in [4.78, 5) is 33.8. The van der Waals surface area contributed by atoms with E-state index in [1.165, 1.54) is 0 Å². The van der Waals surface area contributed by atoms with Crippen LogP contribution in [0.2, 0.25) is 0 Å². The first-order valence-corrected chi connectivity index (χ1v) is 9.13. The van der Waals surface area contributed by atoms with Gasteiger partial charge in [0.1, 0.15) is 5.82 Å². The fourth-order valence-corrected chi connectivity index (χ4v) is 3.42. The molecule has 1 fully saturated rings. The smallest absolute Gasteiger partial charge is 0.258 e. The predicted octanol–water partition coefficient (Wildman–Crippen LogP) is 2.05. The summed E-state index contributed by atoms with van der Waals surface area (Å²) in [6.45, 7) is 5.03. The molecule has 0 radical (unpaired) electrons. The zero-order valence-electron chi connectivity index (χ0n) is 14.8. The van der Waals surface area contributed by atoms with Gasteiger partial charge in [0.05, 0.1) is 17.4 Å². The average molecular weight is 342 g/mol. The van der Waals surface area contributed by atoms with Gasteiger partial charge in [-0.15, -0.1) is 0 Å². The minimum absolute atomic E-state index is 0.136. The Hall–Kier alpha value is -2.21. The molecule has 0 unspecified atom stereocenters. The van der Waals surface area contributed by atoms with Crippen LogP contribution in [-0.4, -0.2) is 40.4 Å². The molecule has 6 nitrogen and oxygen atoms in total. The molecule has 1 aliphatic rings. The molecule has 2 heterocycles. The van der Waals surface area contributed by atoms with Crippen LogP contribution in [0.15, 0.2) is 29.1 Å². The molecule has 1 aliphatic heterocycles. The van der Waals surface area contributed by atoms with E-state index in [4.69, 9.17) is 0 Å². The monoisotopic (exact) mass is 342 g/mol. The van der Waals surface area contributed by atoms with E-state index in [2.05, 4.69) is 15.3 Å². The third kappa shape index (κ3) is 4.45. The number of nitrogens with zero attached hydrogens (tertiary/aromatic N) is 2. The number of benzene rings is 1. The maximum Gasteiger partial charge on any atom is 0.258 e. The Labute approximate surface area is 147 Å². The van der Waals surface area contributed by atoms with Crippen molar-refractivity contribution in [2.75, 3.05) is 19.6 Å². The van der Waals surface area contributed by atoms with Crippen LogP contribution in [0.5, 0.6) is 0 Å². The van der Waals surface area contributed by atoms with E-state index in [1.807, 2.05) is 25.1 Å². The van der Waals surface area contributed by atoms with E-state index < -0.39 is 0 Å². The zero-order valence-corrected chi connectivity index (χ0v) is 14.8. The van der Waals surface area contributed by atoms with Crippen LogP contribution < -0.4 is 10.9 Å². The minimum Gasteiger partial charge on any atom is -0.336 e. The standard InChI is InChI=1S/C19H26N4O2/c1-2-23(18(24)8-7-14-9-11-20-12-10-14)13-17-21-16-6-4-3-5-15(16)19(25)22-17/h3-6,14,20H,2,7-13H2,1H3,(H,21,22,25). The van der Waals surface area contributed by atoms with Gasteiger partial charge in [0, 0.05) is 13.0 Å². The second kappa shape index (κ2) is 8.25. The first-order chi connectivity index (χ1) is 12.2. The Kier molecular flexibility index (Phi) is 5.81. The van der Waals surface area contributed by atoms with Gasteiger partial charge in [-0.2, -0.15) is 0 Å². The number of aromatic amines is 1. The van der Waals surface area contributed by atoms with Crippen molar-refractivity contribution in [2.24, 2.45) is 5.92 Å². The minimum atomic E-state index is -0.154. The number of carbonyl (C=O) groups is 1. The number of nitrogens with one attached hydrogen (secondary N) is 2. The van der Waals surface area contributed by atoms with Gasteiger partial charge < -0.3 is 15.2 Å². The van der Waals surface area contributed by atoms with Crippen LogP contribution in [0.1, 0.15) is 38.4 Å². The molecule has 1 aromatic heterocycles. The average Bonchev–Trinajstić information content (AvgIpc) is 2.65. The Morgan fingerprint density at radius 3 is 2.80 bits per heavy atom. The lowest BCUT2D eigenvalue weighted by Gasteiger charge is -2.24. The summed E-state index contributed by atoms with van der Waals surface area (Å²) in [7, 11) is 0. The quantitative estimate of drug-likeness (QED) is 0.842. The fourth-order valence-electron chi connectivity index (χ4n) is 3.42. The molecule has 2 aromatic rings. The molecule has 2 N–H and O–H groups in total. The number of hydrogen-bond donors (Lipinski definition) is 2. The van der Waals surface area contributed by atoms with Crippen molar-refractivity contribution in [3.05, 3.63) is 40.4 Å². The molecule has 134 valence electrons. The van der Waals surface area contributed by atoms with Crippen molar-refractivity contribution in [1.29, 1.82) is 0 Å². The molecule has 0 atom stereocenters. The van der Waals surface area contributed by atoms with Crippen molar-refractivity contribution in [1.82, 2.24) is 20.2 Å². The van der Waals surface area contributed by atoms with Crippen molar-refractivity contribution >= 4 is 16.8 Å². The highest BCUT2D eigenvalue weighted by Crippen LogP contribution is 2.18. The van der Waals surface area contributed by atoms with Crippen LogP contribution in [0.4, 0.5) is 0 Å². The number of para-hydroxylation sites is 1. The number of carbonyl (C=O) groups excluding carboxylic acids is 1. The lowest BCUT2D eigenvalue weighted by Crippen LogP contribution is -2.33. The van der Waals surface area contributed by atoms with Crippen LogP contribution in [0.25, 0.3) is 10.9 Å². The lowest BCUT2D eigenvalue weighted by atomic mass is 9.93. The van der Waals surface area contributed by atoms with E-state index in [0.29, 0.717) is 42.2 Å². The highest BCUT2D eigenvalue weighted by Gasteiger charge is 2.18. The van der Waals surface area contributed by atoms with E-state index in [1.54, 1.807) is 11.0 Å². The maximum absolute atomic E-state index is 12.6. The number of aromatic nitrogens is 2. The fraction of sp³-hybridized carbons (Fsp3) is 0.526. The third-order valence-electron chi connectivity index (χ3n) is 4.96. The van der Waals surface area contributed by atoms with E-state index in [-0.39, 0.29) is 11.5 Å². The number of piperidine rings is 1. The first-order valence-electron chi connectivity index (χ1n) is 9.13. The van der Waals surface area contributed by atoms with E-state index in [9.17, 15) is 9.59 Å². The maximum atomic E-state index is 12.6. The molecule has 3 rings (SSSR count). The molecule has 0 saturated carbocycles. The van der Waals surface area contributed by atoms with Crippen LogP contribution in [-0.2, 0) is 11.3 Å². The summed E-state index contributed by atoms with van der Waals surface area (Å²) in [5.41, 5.74) is 0.512. The predicted molar refractivity (Wildman–Crippen MR) is 98.3 cm³/mol. The van der Waals surface area contributed by atoms with Crippen LogP contribution in [0.3, 0.4) is 0 Å². The Bertz CT molecular complexity index is 780. The van der Waals surface area contributed by atoms with Gasteiger partial charge in [-0.05, 0) is 57.3 Å². The SMILES string of the molecule is CCN(Cc1nc2ccccc2c(=O)[nH]1)C(=O)CCC1CCNCC1. The molecule has 6 heteroatoms. The van der Waals surface area contributed by atoms with E-state index in [0.717, 1.165) is 32.4 Å². The molecular weight excluding hydrogens is 316 g/mol. The highest BCUT2D eigenvalue weighted by molar-refractivity contribution is 5.77. The van der Waals surface area contributed by atoms with Gasteiger partial charge in [0.15, 0.2) is 0 Å². The Balaban J connectivity index is 1.64. The normalized spacial score (nSPS) is 15.4. The van der Waals surface area contributed by atoms with Crippen molar-refractivity contribution < 1.29 is 4.79 Å². The molecule has 0 bridgehead atoms. The van der Waals surface area contributed by atoms with Gasteiger partial charge in [0.25, 0.3) is 5.56 Å². The number of fused-ring (bicyclic) bond motifs is 1. The Morgan fingerprint density at radius 2 is 2.04 bits per heavy atom. The van der Waals surface area contributed by atoms with Crippen LogP contribution in [0, 0.1) is 5.92 Å². The van der Waals surface area contributed by atoms with Gasteiger partial charge >= 0.3 is 0 Å². The first kappa shape index (κ1) is 17.6. The summed E-state index contributed by atoms with van der Waals surface area (Å²) in [6, 6.07) is 7.26. The summed E-state index contributed by atoms with van der Waals surface area (Å²) >= 11 is 0. The second-order valence-corrected chi connectivity index (χ2v) is 6.67. The number of H-pyrrole nitrogens is 1. The number of hydrogen-bond acceptors (Lipinski definition) is 4. The summed E-state index contributed by atoms with van der Waals surface area (Å²) in [5, 5.41) is 3.93. The Morgan fingerprint density at radius 1 is 1.28 bits per heavy atom. The molecule has 1 aromatic carbocycles. The van der Waals surface area contributed by atoms with Gasteiger partial charge in [-0.1, -0.05) is 12.1 Å². The van der Waals surface area contributed by atoms with Crippen molar-refractivity contribution in [3.63, 3.8) is 0 Å². The summed E-state index contributed by atoms with van der Waals surface area (Å²) in [6.07, 6.45) is 3.81. The molecule has 0 spiro atoms. The zero-order chi connectivity index (χ0) is 17.6. The van der Waals surface area contributed by atoms with Crippen molar-refractivity contribution in [2.45, 2.75) is 39.2 Å². The summed E-state index contributed by atoms with van der Waals surface area (Å²) in [5.74, 6) is 1.32. The summed E-state index contributed by atoms with van der Waals surface area (Å²) < 4.78 is 0. The topological polar surface area (TPSA) is 78.1 Å².